The fourth-order valence-corrected chi connectivity index (χ4v) is 4.75. The first-order chi connectivity index (χ1) is 11.8. The van der Waals surface area contributed by atoms with Crippen molar-refractivity contribution < 1.29 is 52.1 Å². The number of aldehydes is 1. The second-order valence-electron chi connectivity index (χ2n) is 5.38. The van der Waals surface area contributed by atoms with Gasteiger partial charge >= 0.3 is 26.7 Å². The largest absolute Gasteiger partial charge is 0.741 e. The number of hydrogen-bond donors (Lipinski definition) is 0. The van der Waals surface area contributed by atoms with Crippen LogP contribution in [-0.4, -0.2) is 24.8 Å². The summed E-state index contributed by atoms with van der Waals surface area (Å²) in [6.45, 7) is 6.49. The first-order valence-corrected chi connectivity index (χ1v) is 10.7. The Morgan fingerprint density at radius 2 is 1.54 bits per heavy atom. The molecule has 0 spiro atoms. The maximum absolute atomic E-state index is 10.8. The monoisotopic (exact) mass is 500 g/mol. The van der Waals surface area contributed by atoms with E-state index in [0.717, 1.165) is 11.8 Å². The van der Waals surface area contributed by atoms with Crippen molar-refractivity contribution in [2.45, 2.75) is 26.3 Å². The minimum absolute atomic E-state index is 0.209. The predicted molar refractivity (Wildman–Crippen MR) is 85.6 cm³/mol. The maximum atomic E-state index is 10.8. The van der Waals surface area contributed by atoms with Gasteiger partial charge < -0.3 is 4.55 Å². The van der Waals surface area contributed by atoms with Gasteiger partial charge in [0.15, 0.2) is 17.3 Å². The van der Waals surface area contributed by atoms with Gasteiger partial charge in [-0.2, -0.15) is 13.2 Å². The average Bonchev–Trinajstić information content (AvgIpc) is 2.49. The van der Waals surface area contributed by atoms with E-state index in [0.29, 0.717) is 0 Å². The lowest BCUT2D eigenvalue weighted by Gasteiger charge is -2.08. The van der Waals surface area contributed by atoms with Gasteiger partial charge in [0, 0.05) is 22.8 Å². The Morgan fingerprint density at radius 1 is 1.04 bits per heavy atom. The molecule has 0 fully saturated rings. The molecular formula is C17H16F3IO4S. The summed E-state index contributed by atoms with van der Waals surface area (Å²) in [6.07, 6.45) is 0.919. The molecular weight excluding hydrogens is 484 g/mol. The topological polar surface area (TPSA) is 74.3 Å². The molecule has 2 aromatic carbocycles. The number of benzene rings is 2. The number of aryl methyl sites for hydroxylation is 3. The number of hydrogen-bond acceptors (Lipinski definition) is 4. The molecule has 4 nitrogen and oxygen atoms in total. The normalized spacial score (nSPS) is 11.5. The third-order valence-corrected chi connectivity index (χ3v) is 7.15. The highest BCUT2D eigenvalue weighted by Gasteiger charge is 2.36. The molecule has 0 amide bonds. The van der Waals surface area contributed by atoms with Crippen molar-refractivity contribution in [3.63, 3.8) is 0 Å². The summed E-state index contributed by atoms with van der Waals surface area (Å²) >= 11 is -0.209. The SMILES string of the molecule is Cc1cc(C)c([I+]c2cccc(C=O)c2)c(C)c1.O=S(=O)([O-])C(F)(F)F. The second-order valence-corrected chi connectivity index (χ2v) is 9.61. The molecule has 0 aliphatic rings. The van der Waals surface area contributed by atoms with Crippen LogP contribution in [0.15, 0.2) is 36.4 Å². The highest BCUT2D eigenvalue weighted by molar-refractivity contribution is 7.86. The van der Waals surface area contributed by atoms with E-state index in [2.05, 4.69) is 39.0 Å². The zero-order valence-corrected chi connectivity index (χ0v) is 17.1. The average molecular weight is 500 g/mol. The van der Waals surface area contributed by atoms with Crippen LogP contribution >= 0.6 is 0 Å². The Labute approximate surface area is 160 Å². The van der Waals surface area contributed by atoms with Gasteiger partial charge in [0.25, 0.3) is 0 Å². The molecule has 0 aliphatic heterocycles. The quantitative estimate of drug-likeness (QED) is 0.268. The van der Waals surface area contributed by atoms with Gasteiger partial charge in [-0.05, 0) is 26.8 Å². The fraction of sp³-hybridized carbons (Fsp3) is 0.235. The third-order valence-electron chi connectivity index (χ3n) is 3.05. The van der Waals surface area contributed by atoms with Crippen LogP contribution in [0.25, 0.3) is 0 Å². The Morgan fingerprint density at radius 3 is 1.96 bits per heavy atom. The molecule has 0 unspecified atom stereocenters. The van der Waals surface area contributed by atoms with Crippen LogP contribution in [0, 0.1) is 27.9 Å². The summed E-state index contributed by atoms with van der Waals surface area (Å²) in [5.74, 6) is 0. The zero-order valence-electron chi connectivity index (χ0n) is 14.1. The lowest BCUT2D eigenvalue weighted by molar-refractivity contribution is -0.598. The van der Waals surface area contributed by atoms with Crippen LogP contribution in [0.1, 0.15) is 27.0 Å². The number of carbonyl (C=O) groups excluding carboxylic acids is 1. The summed E-state index contributed by atoms with van der Waals surface area (Å²) in [4.78, 5) is 10.8. The van der Waals surface area contributed by atoms with Crippen LogP contribution in [0.5, 0.6) is 0 Å². The van der Waals surface area contributed by atoms with Gasteiger partial charge in [0.2, 0.25) is 0 Å². The van der Waals surface area contributed by atoms with E-state index < -0.39 is 15.6 Å². The van der Waals surface area contributed by atoms with Crippen molar-refractivity contribution in [3.05, 3.63) is 65.8 Å². The Balaban J connectivity index is 0.000000359. The van der Waals surface area contributed by atoms with Gasteiger partial charge in [-0.25, -0.2) is 8.42 Å². The third kappa shape index (κ3) is 6.69. The maximum Gasteiger partial charge on any atom is 0.485 e. The van der Waals surface area contributed by atoms with Gasteiger partial charge in [0.05, 0.1) is 0 Å². The number of halogens is 4. The summed E-state index contributed by atoms with van der Waals surface area (Å²) < 4.78 is 61.7. The molecule has 0 bridgehead atoms. The summed E-state index contributed by atoms with van der Waals surface area (Å²) in [7, 11) is -6.09. The molecule has 0 saturated heterocycles. The van der Waals surface area contributed by atoms with Crippen molar-refractivity contribution in [3.8, 4) is 0 Å². The van der Waals surface area contributed by atoms with Crippen molar-refractivity contribution in [1.29, 1.82) is 0 Å². The molecule has 0 saturated carbocycles. The predicted octanol–water partition coefficient (Wildman–Crippen LogP) is 0.604. The Bertz CT molecular complexity index is 870. The van der Waals surface area contributed by atoms with E-state index >= 15 is 0 Å². The minimum Gasteiger partial charge on any atom is -0.741 e. The zero-order chi connectivity index (χ0) is 20.1. The van der Waals surface area contributed by atoms with E-state index in [1.807, 2.05) is 18.2 Å². The molecule has 2 aromatic rings. The van der Waals surface area contributed by atoms with Crippen molar-refractivity contribution in [2.24, 2.45) is 0 Å². The molecule has 9 heteroatoms. The first kappa shape index (κ1) is 22.6. The van der Waals surface area contributed by atoms with Crippen LogP contribution in [0.3, 0.4) is 0 Å². The van der Waals surface area contributed by atoms with Gasteiger partial charge in [-0.15, -0.1) is 0 Å². The van der Waals surface area contributed by atoms with E-state index in [1.54, 1.807) is 0 Å². The van der Waals surface area contributed by atoms with Crippen molar-refractivity contribution in [2.75, 3.05) is 0 Å². The lowest BCUT2D eigenvalue weighted by Crippen LogP contribution is -3.62. The van der Waals surface area contributed by atoms with E-state index in [-0.39, 0.29) is 21.2 Å². The number of alkyl halides is 3. The van der Waals surface area contributed by atoms with Crippen LogP contribution in [-0.2, 0) is 10.1 Å². The van der Waals surface area contributed by atoms with Gasteiger partial charge in [-0.3, -0.25) is 4.79 Å². The molecule has 0 atom stereocenters. The highest BCUT2D eigenvalue weighted by atomic mass is 127. The van der Waals surface area contributed by atoms with E-state index in [9.17, 15) is 18.0 Å². The molecule has 0 N–H and O–H groups in total. The van der Waals surface area contributed by atoms with E-state index in [4.69, 9.17) is 13.0 Å². The van der Waals surface area contributed by atoms with Crippen molar-refractivity contribution in [1.82, 2.24) is 0 Å². The molecule has 0 heterocycles. The first-order valence-electron chi connectivity index (χ1n) is 7.15. The molecule has 142 valence electrons. The minimum atomic E-state index is -6.09. The van der Waals surface area contributed by atoms with Crippen LogP contribution in [0.4, 0.5) is 13.2 Å². The Hall–Kier alpha value is -1.46. The second kappa shape index (κ2) is 8.96. The van der Waals surface area contributed by atoms with Gasteiger partial charge in [0.1, 0.15) is 6.29 Å². The fourth-order valence-electron chi connectivity index (χ4n) is 2.06. The molecule has 26 heavy (non-hydrogen) atoms. The molecule has 2 rings (SSSR count). The summed E-state index contributed by atoms with van der Waals surface area (Å²) in [5, 5.41) is 0. The van der Waals surface area contributed by atoms with Crippen molar-refractivity contribution >= 4 is 16.4 Å². The Kier molecular flexibility index (Phi) is 7.78. The number of rotatable bonds is 3. The molecule has 0 aromatic heterocycles. The smallest absolute Gasteiger partial charge is 0.485 e. The standard InChI is InChI=1S/C16H16IO.CHF3O3S/c1-11-7-12(2)16(13(3)8-11)17-15-6-4-5-14(9-15)10-18;2-1(3,4)8(5,6)7/h4-10H,1-3H3;(H,5,6,7)/q+1;/p-1. The summed E-state index contributed by atoms with van der Waals surface area (Å²) in [6, 6.07) is 12.4. The highest BCUT2D eigenvalue weighted by Crippen LogP contribution is 2.20. The van der Waals surface area contributed by atoms with Crippen LogP contribution in [0.2, 0.25) is 0 Å². The molecule has 0 radical (unpaired) electrons. The van der Waals surface area contributed by atoms with Crippen LogP contribution < -0.4 is 21.2 Å². The van der Waals surface area contributed by atoms with E-state index in [1.165, 1.54) is 23.8 Å². The number of carbonyl (C=O) groups is 1. The lowest BCUT2D eigenvalue weighted by atomic mass is 10.1. The molecule has 0 aliphatic carbocycles. The van der Waals surface area contributed by atoms with Gasteiger partial charge in [-0.1, -0.05) is 29.8 Å². The summed E-state index contributed by atoms with van der Waals surface area (Å²) in [5.41, 5.74) is -0.810.